The van der Waals surface area contributed by atoms with Gasteiger partial charge in [-0.25, -0.2) is 4.99 Å². The Bertz CT molecular complexity index is 908. The molecule has 1 amide bonds. The zero-order chi connectivity index (χ0) is 18.1. The van der Waals surface area contributed by atoms with E-state index >= 15 is 0 Å². The number of hydrogen-bond acceptors (Lipinski definition) is 5. The summed E-state index contributed by atoms with van der Waals surface area (Å²) in [6.07, 6.45) is 4.18. The van der Waals surface area contributed by atoms with Crippen molar-refractivity contribution in [1.29, 1.82) is 0 Å². The molecule has 2 saturated heterocycles. The van der Waals surface area contributed by atoms with E-state index in [9.17, 15) is 4.79 Å². The highest BCUT2D eigenvalue weighted by Crippen LogP contribution is 2.30. The third-order valence-electron chi connectivity index (χ3n) is 4.68. The van der Waals surface area contributed by atoms with Gasteiger partial charge in [-0.1, -0.05) is 6.07 Å². The Labute approximate surface area is 157 Å². The lowest BCUT2D eigenvalue weighted by atomic mass is 10.1. The van der Waals surface area contributed by atoms with E-state index in [1.807, 2.05) is 30.3 Å². The number of nitrogens with one attached hydrogen (secondary N) is 1. The van der Waals surface area contributed by atoms with E-state index in [-0.39, 0.29) is 5.91 Å². The zero-order valence-electron chi connectivity index (χ0n) is 14.9. The summed E-state index contributed by atoms with van der Waals surface area (Å²) < 4.78 is 5.88. The van der Waals surface area contributed by atoms with Crippen LogP contribution >= 0.6 is 11.8 Å². The fourth-order valence-electron chi connectivity index (χ4n) is 3.05. The molecule has 2 aliphatic rings. The highest BCUT2D eigenvalue weighted by atomic mass is 32.2. The second kappa shape index (κ2) is 7.03. The van der Waals surface area contributed by atoms with E-state index in [1.54, 1.807) is 6.08 Å². The normalized spacial score (nSPS) is 20.4. The molecule has 1 aromatic carbocycles. The van der Waals surface area contributed by atoms with E-state index in [2.05, 4.69) is 29.1 Å². The van der Waals surface area contributed by atoms with Crippen molar-refractivity contribution in [3.05, 3.63) is 52.1 Å². The molecule has 0 radical (unpaired) electrons. The quantitative estimate of drug-likeness (QED) is 0.818. The number of carbonyl (C=O) groups excluding carboxylic acids is 1. The molecule has 0 spiro atoms. The second-order valence-corrected chi connectivity index (χ2v) is 7.65. The Morgan fingerprint density at radius 3 is 2.73 bits per heavy atom. The van der Waals surface area contributed by atoms with Gasteiger partial charge in [-0.3, -0.25) is 4.79 Å². The number of furan rings is 1. The first-order valence-corrected chi connectivity index (χ1v) is 9.62. The number of amides is 1. The van der Waals surface area contributed by atoms with Crippen LogP contribution in [0.4, 0.5) is 11.6 Å². The van der Waals surface area contributed by atoms with Crippen molar-refractivity contribution in [1.82, 2.24) is 5.32 Å². The van der Waals surface area contributed by atoms with Crippen molar-refractivity contribution in [2.45, 2.75) is 26.7 Å². The first kappa shape index (κ1) is 17.0. The van der Waals surface area contributed by atoms with Crippen molar-refractivity contribution >= 4 is 40.5 Å². The summed E-state index contributed by atoms with van der Waals surface area (Å²) >= 11 is 1.34. The molecule has 26 heavy (non-hydrogen) atoms. The fraction of sp³-hybridized carbons (Fsp3) is 0.300. The molecule has 2 aromatic rings. The number of aliphatic imine (C=N–C) groups is 1. The van der Waals surface area contributed by atoms with Crippen molar-refractivity contribution in [2.24, 2.45) is 4.99 Å². The number of nitrogens with zero attached hydrogens (tertiary/aromatic N) is 2. The van der Waals surface area contributed by atoms with Crippen LogP contribution in [-0.4, -0.2) is 24.2 Å². The summed E-state index contributed by atoms with van der Waals surface area (Å²) in [5.41, 5.74) is 3.25. The van der Waals surface area contributed by atoms with Gasteiger partial charge in [0.1, 0.15) is 5.76 Å². The van der Waals surface area contributed by atoms with Gasteiger partial charge in [0, 0.05) is 25.2 Å². The van der Waals surface area contributed by atoms with Crippen LogP contribution in [-0.2, 0) is 4.79 Å². The van der Waals surface area contributed by atoms with Gasteiger partial charge in [0.2, 0.25) is 0 Å². The van der Waals surface area contributed by atoms with E-state index in [0.717, 1.165) is 24.7 Å². The Kier molecular flexibility index (Phi) is 4.59. The standard InChI is InChI=1S/C20H21N3O2S/c1-13-5-6-15(11-14(13)2)21-20-22-19(24)17(26-20)12-16-7-8-18(25-16)23-9-3-4-10-23/h5-8,11-12H,3-4,9-10H2,1-2H3,(H,21,22,24)/b17-12+. The third-order valence-corrected chi connectivity index (χ3v) is 5.59. The first-order valence-electron chi connectivity index (χ1n) is 8.80. The Balaban J connectivity index is 1.51. The lowest BCUT2D eigenvalue weighted by molar-refractivity contribution is -0.115. The molecule has 2 aliphatic heterocycles. The Hall–Kier alpha value is -2.47. The van der Waals surface area contributed by atoms with Gasteiger partial charge in [0.05, 0.1) is 10.6 Å². The minimum atomic E-state index is -0.142. The molecule has 6 heteroatoms. The number of thioether (sulfide) groups is 1. The maximum atomic E-state index is 12.2. The molecular formula is C20H21N3O2S. The molecule has 0 saturated carbocycles. The first-order chi connectivity index (χ1) is 12.6. The number of aryl methyl sites for hydroxylation is 2. The highest BCUT2D eigenvalue weighted by Gasteiger charge is 2.24. The van der Waals surface area contributed by atoms with Crippen LogP contribution < -0.4 is 10.2 Å². The Morgan fingerprint density at radius 1 is 1.15 bits per heavy atom. The lowest BCUT2D eigenvalue weighted by Crippen LogP contribution is -2.19. The van der Waals surface area contributed by atoms with Gasteiger partial charge in [0.25, 0.3) is 5.91 Å². The van der Waals surface area contributed by atoms with Crippen LogP contribution in [0.1, 0.15) is 29.7 Å². The molecule has 1 aromatic heterocycles. The second-order valence-electron chi connectivity index (χ2n) is 6.62. The van der Waals surface area contributed by atoms with Crippen molar-refractivity contribution in [3.63, 3.8) is 0 Å². The molecule has 2 fully saturated rings. The molecule has 1 N–H and O–H groups in total. The summed E-state index contributed by atoms with van der Waals surface area (Å²) in [5, 5.41) is 3.42. The average Bonchev–Trinajstić information content (AvgIpc) is 3.33. The maximum absolute atomic E-state index is 12.2. The highest BCUT2D eigenvalue weighted by molar-refractivity contribution is 8.18. The molecular weight excluding hydrogens is 346 g/mol. The van der Waals surface area contributed by atoms with Crippen LogP contribution in [0.2, 0.25) is 0 Å². The van der Waals surface area contributed by atoms with Gasteiger partial charge in [-0.15, -0.1) is 0 Å². The van der Waals surface area contributed by atoms with E-state index < -0.39 is 0 Å². The van der Waals surface area contributed by atoms with Crippen LogP contribution in [0.5, 0.6) is 0 Å². The molecule has 134 valence electrons. The summed E-state index contributed by atoms with van der Waals surface area (Å²) in [7, 11) is 0. The zero-order valence-corrected chi connectivity index (χ0v) is 15.7. The van der Waals surface area contributed by atoms with E-state index in [0.29, 0.717) is 15.8 Å². The van der Waals surface area contributed by atoms with Gasteiger partial charge >= 0.3 is 0 Å². The van der Waals surface area contributed by atoms with Gasteiger partial charge in [0.15, 0.2) is 11.1 Å². The molecule has 4 rings (SSSR count). The molecule has 0 aliphatic carbocycles. The minimum Gasteiger partial charge on any atom is -0.441 e. The van der Waals surface area contributed by atoms with Crippen molar-refractivity contribution in [2.75, 3.05) is 18.0 Å². The number of carbonyl (C=O) groups is 1. The predicted octanol–water partition coefficient (Wildman–Crippen LogP) is 4.39. The monoisotopic (exact) mass is 367 g/mol. The molecule has 0 atom stereocenters. The third kappa shape index (κ3) is 3.55. The number of anilines is 1. The predicted molar refractivity (Wildman–Crippen MR) is 107 cm³/mol. The van der Waals surface area contributed by atoms with Crippen LogP contribution in [0, 0.1) is 13.8 Å². The topological polar surface area (TPSA) is 57.8 Å². The van der Waals surface area contributed by atoms with Crippen LogP contribution in [0.25, 0.3) is 6.08 Å². The number of hydrogen-bond donors (Lipinski definition) is 1. The minimum absolute atomic E-state index is 0.142. The largest absolute Gasteiger partial charge is 0.441 e. The molecule has 0 unspecified atom stereocenters. The summed E-state index contributed by atoms with van der Waals surface area (Å²) in [5.74, 6) is 1.43. The molecule has 5 nitrogen and oxygen atoms in total. The van der Waals surface area contributed by atoms with E-state index in [1.165, 1.54) is 35.7 Å². The van der Waals surface area contributed by atoms with Crippen molar-refractivity contribution in [3.8, 4) is 0 Å². The number of benzene rings is 1. The Morgan fingerprint density at radius 2 is 1.96 bits per heavy atom. The maximum Gasteiger partial charge on any atom is 0.264 e. The van der Waals surface area contributed by atoms with Crippen LogP contribution in [0.15, 0.2) is 44.6 Å². The number of rotatable bonds is 3. The van der Waals surface area contributed by atoms with Gasteiger partial charge in [-0.2, -0.15) is 0 Å². The molecule has 0 bridgehead atoms. The van der Waals surface area contributed by atoms with Crippen molar-refractivity contribution < 1.29 is 9.21 Å². The summed E-state index contributed by atoms with van der Waals surface area (Å²) in [6.45, 7) is 6.19. The van der Waals surface area contributed by atoms with Gasteiger partial charge < -0.3 is 14.6 Å². The smallest absolute Gasteiger partial charge is 0.264 e. The van der Waals surface area contributed by atoms with Gasteiger partial charge in [-0.05, 0) is 67.8 Å². The van der Waals surface area contributed by atoms with Crippen LogP contribution in [0.3, 0.4) is 0 Å². The SMILES string of the molecule is Cc1ccc(N=C2NC(=O)/C(=C\c3ccc(N4CCCC4)o3)S2)cc1C. The average molecular weight is 367 g/mol. The fourth-order valence-corrected chi connectivity index (χ4v) is 3.87. The summed E-state index contributed by atoms with van der Waals surface area (Å²) in [6, 6.07) is 9.89. The van der Waals surface area contributed by atoms with E-state index in [4.69, 9.17) is 4.42 Å². The lowest BCUT2D eigenvalue weighted by Gasteiger charge is -2.12. The molecule has 3 heterocycles. The summed E-state index contributed by atoms with van der Waals surface area (Å²) in [4.78, 5) is 19.6. The number of amidine groups is 1.